The number of sulfonamides is 1. The summed E-state index contributed by atoms with van der Waals surface area (Å²) in [6.07, 6.45) is 0. The molecular weight excluding hydrogens is 414 g/mol. The van der Waals surface area contributed by atoms with E-state index in [4.69, 9.17) is 9.88 Å². The number of anilines is 1. The Morgan fingerprint density at radius 2 is 2.00 bits per heavy atom. The van der Waals surface area contributed by atoms with E-state index in [-0.39, 0.29) is 23.2 Å². The van der Waals surface area contributed by atoms with Gasteiger partial charge in [-0.15, -0.1) is 5.10 Å². The second-order valence-corrected chi connectivity index (χ2v) is 8.58. The first kappa shape index (κ1) is 20.8. The number of carbonyl (C=O) groups is 1. The number of aromatic nitrogens is 3. The van der Waals surface area contributed by atoms with Crippen LogP contribution >= 0.6 is 11.8 Å². The molecule has 0 spiro atoms. The number of aryl methyl sites for hydroxylation is 1. The van der Waals surface area contributed by atoms with E-state index in [2.05, 4.69) is 20.5 Å². The number of carbonyl (C=O) groups excluding carboxylic acids is 1. The van der Waals surface area contributed by atoms with Crippen molar-refractivity contribution >= 4 is 33.4 Å². The number of nitrogens with two attached hydrogens (primary N) is 1. The zero-order chi connectivity index (χ0) is 20.9. The van der Waals surface area contributed by atoms with Gasteiger partial charge in [0.15, 0.2) is 5.82 Å². The monoisotopic (exact) mass is 433 g/mol. The highest BCUT2D eigenvalue weighted by molar-refractivity contribution is 7.99. The van der Waals surface area contributed by atoms with Gasteiger partial charge in [-0.3, -0.25) is 9.89 Å². The van der Waals surface area contributed by atoms with Crippen LogP contribution in [-0.2, 0) is 21.4 Å². The van der Waals surface area contributed by atoms with E-state index in [1.165, 1.54) is 18.2 Å². The number of amides is 1. The van der Waals surface area contributed by atoms with Crippen LogP contribution in [0.3, 0.4) is 0 Å². The molecule has 0 bridgehead atoms. The van der Waals surface area contributed by atoms with Gasteiger partial charge in [-0.25, -0.2) is 18.5 Å². The predicted molar refractivity (Wildman–Crippen MR) is 109 cm³/mol. The minimum Gasteiger partial charge on any atom is -0.486 e. The van der Waals surface area contributed by atoms with Gasteiger partial charge in [0.25, 0.3) is 0 Å². The summed E-state index contributed by atoms with van der Waals surface area (Å²) >= 11 is 1.14. The Morgan fingerprint density at radius 1 is 1.24 bits per heavy atom. The Labute approximate surface area is 172 Å². The molecule has 0 atom stereocenters. The van der Waals surface area contributed by atoms with Crippen LogP contribution in [0.4, 0.5) is 5.69 Å². The van der Waals surface area contributed by atoms with E-state index >= 15 is 0 Å². The molecule has 3 rings (SSSR count). The van der Waals surface area contributed by atoms with Crippen LogP contribution in [0, 0.1) is 6.92 Å². The van der Waals surface area contributed by atoms with Crippen LogP contribution < -0.4 is 15.2 Å². The average molecular weight is 434 g/mol. The maximum absolute atomic E-state index is 12.1. The number of aromatic amines is 1. The number of benzene rings is 2. The van der Waals surface area contributed by atoms with Gasteiger partial charge < -0.3 is 10.1 Å². The Kier molecular flexibility index (Phi) is 6.52. The molecule has 0 saturated carbocycles. The van der Waals surface area contributed by atoms with Crippen LogP contribution in [-0.4, -0.2) is 35.3 Å². The van der Waals surface area contributed by atoms with E-state index in [1.54, 1.807) is 6.07 Å². The third kappa shape index (κ3) is 6.31. The molecule has 152 valence electrons. The number of nitrogens with one attached hydrogen (secondary N) is 2. The maximum Gasteiger partial charge on any atom is 0.238 e. The molecule has 4 N–H and O–H groups in total. The fraction of sp³-hybridized carbons (Fsp3) is 0.167. The quantitative estimate of drug-likeness (QED) is 0.462. The predicted octanol–water partition coefficient (Wildman–Crippen LogP) is 2.07. The molecule has 0 saturated heterocycles. The van der Waals surface area contributed by atoms with Gasteiger partial charge in [-0.2, -0.15) is 0 Å². The molecule has 0 radical (unpaired) electrons. The Bertz CT molecular complexity index is 1100. The number of H-pyrrole nitrogens is 1. The summed E-state index contributed by atoms with van der Waals surface area (Å²) in [5.41, 5.74) is 1.48. The lowest BCUT2D eigenvalue weighted by Gasteiger charge is -2.05. The largest absolute Gasteiger partial charge is 0.486 e. The molecule has 29 heavy (non-hydrogen) atoms. The van der Waals surface area contributed by atoms with Gasteiger partial charge in [-0.1, -0.05) is 35.5 Å². The molecule has 0 unspecified atom stereocenters. The summed E-state index contributed by atoms with van der Waals surface area (Å²) in [6.45, 7) is 2.22. The molecule has 2 aromatic carbocycles. The number of ether oxygens (including phenoxy) is 1. The average Bonchev–Trinajstić information content (AvgIpc) is 3.13. The van der Waals surface area contributed by atoms with Crippen molar-refractivity contribution in [3.8, 4) is 5.75 Å². The van der Waals surface area contributed by atoms with Crippen molar-refractivity contribution in [2.24, 2.45) is 5.14 Å². The summed E-state index contributed by atoms with van der Waals surface area (Å²) < 4.78 is 28.4. The van der Waals surface area contributed by atoms with E-state index in [1.807, 2.05) is 31.2 Å². The zero-order valence-electron chi connectivity index (χ0n) is 15.5. The molecule has 1 aromatic heterocycles. The third-order valence-electron chi connectivity index (χ3n) is 3.69. The van der Waals surface area contributed by atoms with Crippen molar-refractivity contribution < 1.29 is 17.9 Å². The number of hydrogen-bond acceptors (Lipinski definition) is 7. The van der Waals surface area contributed by atoms with Gasteiger partial charge in [0.05, 0.1) is 10.6 Å². The standard InChI is InChI=1S/C18H19N5O4S2/c1-12-5-7-14(8-6-12)27-10-16-21-18(23-22-16)28-11-17(24)20-13-3-2-4-15(9-13)29(19,25)26/h2-9H,10-11H2,1H3,(H,20,24)(H2,19,25,26)(H,21,22,23). The minimum absolute atomic E-state index is 0.0513. The molecule has 11 heteroatoms. The highest BCUT2D eigenvalue weighted by Gasteiger charge is 2.11. The highest BCUT2D eigenvalue weighted by atomic mass is 32.2. The molecular formula is C18H19N5O4S2. The summed E-state index contributed by atoms with van der Waals surface area (Å²) in [5, 5.41) is 14.9. The first-order chi connectivity index (χ1) is 13.8. The van der Waals surface area contributed by atoms with E-state index in [9.17, 15) is 13.2 Å². The van der Waals surface area contributed by atoms with Crippen LogP contribution in [0.15, 0.2) is 58.6 Å². The zero-order valence-corrected chi connectivity index (χ0v) is 17.1. The summed E-state index contributed by atoms with van der Waals surface area (Å²) in [7, 11) is -3.83. The number of nitrogens with zero attached hydrogens (tertiary/aromatic N) is 2. The number of thioether (sulfide) groups is 1. The highest BCUT2D eigenvalue weighted by Crippen LogP contribution is 2.17. The van der Waals surface area contributed by atoms with Gasteiger partial charge in [0.1, 0.15) is 12.4 Å². The van der Waals surface area contributed by atoms with Crippen molar-refractivity contribution in [3.63, 3.8) is 0 Å². The maximum atomic E-state index is 12.1. The fourth-order valence-electron chi connectivity index (χ4n) is 2.27. The fourth-order valence-corrected chi connectivity index (χ4v) is 3.45. The van der Waals surface area contributed by atoms with Crippen molar-refractivity contribution in [2.75, 3.05) is 11.1 Å². The first-order valence-corrected chi connectivity index (χ1v) is 11.0. The lowest BCUT2D eigenvalue weighted by Crippen LogP contribution is -2.16. The second-order valence-electron chi connectivity index (χ2n) is 6.08. The molecule has 3 aromatic rings. The Balaban J connectivity index is 1.49. The number of hydrogen-bond donors (Lipinski definition) is 3. The normalized spacial score (nSPS) is 11.2. The number of primary sulfonamides is 1. The van der Waals surface area contributed by atoms with Gasteiger partial charge >= 0.3 is 0 Å². The number of rotatable bonds is 8. The van der Waals surface area contributed by atoms with E-state index < -0.39 is 10.0 Å². The van der Waals surface area contributed by atoms with Crippen molar-refractivity contribution in [2.45, 2.75) is 23.6 Å². The summed E-state index contributed by atoms with van der Waals surface area (Å²) in [6, 6.07) is 13.4. The summed E-state index contributed by atoms with van der Waals surface area (Å²) in [5.74, 6) is 0.982. The van der Waals surface area contributed by atoms with Gasteiger partial charge in [0, 0.05) is 5.69 Å². The molecule has 9 nitrogen and oxygen atoms in total. The van der Waals surface area contributed by atoms with Crippen molar-refractivity contribution in [3.05, 3.63) is 59.9 Å². The molecule has 0 fully saturated rings. The summed E-state index contributed by atoms with van der Waals surface area (Å²) in [4.78, 5) is 16.3. The van der Waals surface area contributed by atoms with Crippen molar-refractivity contribution in [1.29, 1.82) is 0 Å². The van der Waals surface area contributed by atoms with E-state index in [0.29, 0.717) is 16.7 Å². The Morgan fingerprint density at radius 3 is 2.72 bits per heavy atom. The SMILES string of the molecule is Cc1ccc(OCc2nc(SCC(=O)Nc3cccc(S(N)(=O)=O)c3)n[nH]2)cc1. The Hall–Kier alpha value is -2.89. The van der Waals surface area contributed by atoms with Crippen LogP contribution in [0.2, 0.25) is 0 Å². The topological polar surface area (TPSA) is 140 Å². The van der Waals surface area contributed by atoms with Crippen LogP contribution in [0.1, 0.15) is 11.4 Å². The third-order valence-corrected chi connectivity index (χ3v) is 5.44. The minimum atomic E-state index is -3.83. The van der Waals surface area contributed by atoms with Crippen LogP contribution in [0.25, 0.3) is 0 Å². The van der Waals surface area contributed by atoms with Gasteiger partial charge in [-0.05, 0) is 37.3 Å². The molecule has 0 aliphatic rings. The van der Waals surface area contributed by atoms with Crippen molar-refractivity contribution in [1.82, 2.24) is 15.2 Å². The van der Waals surface area contributed by atoms with E-state index in [0.717, 1.165) is 23.1 Å². The molecule has 0 aliphatic carbocycles. The first-order valence-electron chi connectivity index (χ1n) is 8.46. The van der Waals surface area contributed by atoms with Gasteiger partial charge in [0.2, 0.25) is 21.1 Å². The smallest absolute Gasteiger partial charge is 0.238 e. The second kappa shape index (κ2) is 9.07. The molecule has 0 aliphatic heterocycles. The lowest BCUT2D eigenvalue weighted by atomic mass is 10.2. The van der Waals surface area contributed by atoms with Crippen LogP contribution in [0.5, 0.6) is 5.75 Å². The molecule has 1 heterocycles. The molecule has 1 amide bonds. The lowest BCUT2D eigenvalue weighted by molar-refractivity contribution is -0.113.